The molecule has 0 radical (unpaired) electrons. The molecule has 156 valence electrons. The van der Waals surface area contributed by atoms with Crippen LogP contribution < -0.4 is 10.1 Å². The van der Waals surface area contributed by atoms with Gasteiger partial charge in [-0.05, 0) is 60.7 Å². The highest BCUT2D eigenvalue weighted by Crippen LogP contribution is 2.32. The molecule has 1 aliphatic carbocycles. The minimum atomic E-state index is -0.0249. The van der Waals surface area contributed by atoms with Crippen molar-refractivity contribution in [3.63, 3.8) is 0 Å². The van der Waals surface area contributed by atoms with E-state index in [4.69, 9.17) is 14.3 Å². The van der Waals surface area contributed by atoms with Crippen LogP contribution in [-0.4, -0.2) is 38.7 Å². The van der Waals surface area contributed by atoms with Crippen LogP contribution in [0.4, 0.5) is 11.7 Å². The molecule has 0 saturated carbocycles. The number of benzene rings is 2. The number of nitrogens with zero attached hydrogens (tertiary/aromatic N) is 4. The van der Waals surface area contributed by atoms with E-state index in [2.05, 4.69) is 43.9 Å². The summed E-state index contributed by atoms with van der Waals surface area (Å²) in [6.07, 6.45) is 3.01. The maximum atomic E-state index is 8.82. The Balaban J connectivity index is 1.35. The molecule has 0 amide bonds. The lowest BCUT2D eigenvalue weighted by Gasteiger charge is -2.07. The Morgan fingerprint density at radius 1 is 0.935 bits per heavy atom. The van der Waals surface area contributed by atoms with Crippen molar-refractivity contribution in [1.82, 2.24) is 20.4 Å². The van der Waals surface area contributed by atoms with Crippen molar-refractivity contribution < 1.29 is 14.3 Å². The van der Waals surface area contributed by atoms with Crippen LogP contribution in [-0.2, 0) is 12.8 Å². The zero-order chi connectivity index (χ0) is 21.0. The van der Waals surface area contributed by atoms with E-state index in [1.165, 1.54) is 5.56 Å². The van der Waals surface area contributed by atoms with Crippen molar-refractivity contribution in [2.45, 2.75) is 19.3 Å². The molecular weight excluding hydrogens is 394 g/mol. The Kier molecular flexibility index (Phi) is 5.28. The first kappa shape index (κ1) is 19.2. The molecule has 0 bridgehead atoms. The molecule has 8 nitrogen and oxygen atoms in total. The van der Waals surface area contributed by atoms with Gasteiger partial charge in [-0.3, -0.25) is 0 Å². The van der Waals surface area contributed by atoms with Crippen molar-refractivity contribution in [2.75, 3.05) is 18.5 Å². The normalized spacial score (nSPS) is 12.5. The summed E-state index contributed by atoms with van der Waals surface area (Å²) in [6, 6.07) is 17.9. The molecule has 1 aliphatic rings. The zero-order valence-electron chi connectivity index (χ0n) is 16.8. The highest BCUT2D eigenvalue weighted by Gasteiger charge is 2.19. The fourth-order valence-corrected chi connectivity index (χ4v) is 3.69. The molecule has 2 aromatic carbocycles. The second kappa shape index (κ2) is 8.53. The number of aromatic nitrogens is 4. The average Bonchev–Trinajstić information content (AvgIpc) is 3.19. The minimum Gasteiger partial charge on any atom is -0.491 e. The first-order chi connectivity index (χ1) is 15.3. The van der Waals surface area contributed by atoms with Crippen LogP contribution in [0.25, 0.3) is 22.8 Å². The topological polar surface area (TPSA) is 106 Å². The fourth-order valence-electron chi connectivity index (χ4n) is 3.69. The molecule has 0 spiro atoms. The Hall–Kier alpha value is -3.78. The summed E-state index contributed by atoms with van der Waals surface area (Å²) in [7, 11) is 0. The lowest BCUT2D eigenvalue weighted by molar-refractivity contribution is 0.201. The van der Waals surface area contributed by atoms with Crippen LogP contribution in [0, 0.1) is 0 Å². The van der Waals surface area contributed by atoms with Gasteiger partial charge in [-0.15, -0.1) is 15.3 Å². The first-order valence-electron chi connectivity index (χ1n) is 10.2. The van der Waals surface area contributed by atoms with Gasteiger partial charge in [0.15, 0.2) is 5.69 Å². The Morgan fingerprint density at radius 2 is 1.77 bits per heavy atom. The number of aryl methyl sites for hydroxylation is 2. The third-order valence-electron chi connectivity index (χ3n) is 5.15. The molecule has 4 aromatic rings. The summed E-state index contributed by atoms with van der Waals surface area (Å²) in [5.74, 6) is 0.992. The van der Waals surface area contributed by atoms with Crippen LogP contribution in [0.15, 0.2) is 59.0 Å². The van der Waals surface area contributed by atoms with E-state index >= 15 is 0 Å². The van der Waals surface area contributed by atoms with Crippen LogP contribution in [0.3, 0.4) is 0 Å². The lowest BCUT2D eigenvalue weighted by Crippen LogP contribution is -2.01. The van der Waals surface area contributed by atoms with Crippen molar-refractivity contribution in [3.8, 4) is 28.6 Å². The lowest BCUT2D eigenvalue weighted by atomic mass is 10.0. The van der Waals surface area contributed by atoms with Crippen molar-refractivity contribution >= 4 is 11.7 Å². The van der Waals surface area contributed by atoms with Crippen molar-refractivity contribution in [3.05, 3.63) is 65.7 Å². The Labute approximate surface area is 178 Å². The highest BCUT2D eigenvalue weighted by molar-refractivity contribution is 5.69. The van der Waals surface area contributed by atoms with Gasteiger partial charge in [0.25, 0.3) is 5.89 Å². The van der Waals surface area contributed by atoms with E-state index in [0.717, 1.165) is 41.8 Å². The standard InChI is InChI=1S/C23H21N5O3/c29-12-13-30-18-10-8-17(9-11-18)24-23-28-27-22(31-23)20-14-16-6-3-5-15-4-1-2-7-19(15)21(16)26-25-20/h1-2,4,7-11,14,29H,3,5-6,12-13H2,(H,24,28). The molecular formula is C23H21N5O3. The van der Waals surface area contributed by atoms with E-state index in [1.807, 2.05) is 24.3 Å². The van der Waals surface area contributed by atoms with E-state index in [-0.39, 0.29) is 19.2 Å². The number of aliphatic hydroxyl groups excluding tert-OH is 1. The molecule has 2 N–H and O–H groups in total. The van der Waals surface area contributed by atoms with E-state index in [9.17, 15) is 0 Å². The SMILES string of the molecule is OCCOc1ccc(Nc2nnc(-c3cc4c(nn3)-c3ccccc3CCC4)o2)cc1. The summed E-state index contributed by atoms with van der Waals surface area (Å²) in [5.41, 5.74) is 5.86. The smallest absolute Gasteiger partial charge is 0.320 e. The summed E-state index contributed by atoms with van der Waals surface area (Å²) in [5, 5.41) is 28.9. The third-order valence-corrected chi connectivity index (χ3v) is 5.15. The van der Waals surface area contributed by atoms with Crippen LogP contribution in [0.1, 0.15) is 17.5 Å². The highest BCUT2D eigenvalue weighted by atomic mass is 16.5. The number of fused-ring (bicyclic) bond motifs is 3. The number of hydrogen-bond acceptors (Lipinski definition) is 8. The van der Waals surface area contributed by atoms with Crippen LogP contribution in [0.5, 0.6) is 5.75 Å². The number of rotatable bonds is 6. The second-order valence-electron chi connectivity index (χ2n) is 7.25. The number of nitrogens with one attached hydrogen (secondary N) is 1. The first-order valence-corrected chi connectivity index (χ1v) is 10.2. The second-order valence-corrected chi connectivity index (χ2v) is 7.25. The summed E-state index contributed by atoms with van der Waals surface area (Å²) in [6.45, 7) is 0.232. The van der Waals surface area contributed by atoms with Crippen molar-refractivity contribution in [2.24, 2.45) is 0 Å². The van der Waals surface area contributed by atoms with Gasteiger partial charge in [0, 0.05) is 11.3 Å². The van der Waals surface area contributed by atoms with Gasteiger partial charge in [-0.2, -0.15) is 0 Å². The van der Waals surface area contributed by atoms with Gasteiger partial charge >= 0.3 is 6.01 Å². The molecule has 5 rings (SSSR count). The molecule has 0 fully saturated rings. The average molecular weight is 415 g/mol. The number of anilines is 2. The number of hydrogen-bond donors (Lipinski definition) is 2. The quantitative estimate of drug-likeness (QED) is 0.490. The zero-order valence-corrected chi connectivity index (χ0v) is 16.8. The van der Waals surface area contributed by atoms with Gasteiger partial charge in [0.2, 0.25) is 0 Å². The fraction of sp³-hybridized carbons (Fsp3) is 0.217. The molecule has 0 aliphatic heterocycles. The Morgan fingerprint density at radius 3 is 2.65 bits per heavy atom. The molecule has 0 saturated heterocycles. The summed E-state index contributed by atoms with van der Waals surface area (Å²) in [4.78, 5) is 0. The largest absolute Gasteiger partial charge is 0.491 e. The summed E-state index contributed by atoms with van der Waals surface area (Å²) >= 11 is 0. The molecule has 8 heteroatoms. The molecule has 31 heavy (non-hydrogen) atoms. The van der Waals surface area contributed by atoms with Gasteiger partial charge in [-0.25, -0.2) is 0 Å². The molecule has 0 atom stereocenters. The predicted molar refractivity (Wildman–Crippen MR) is 115 cm³/mol. The maximum Gasteiger partial charge on any atom is 0.320 e. The Bertz CT molecular complexity index is 1190. The molecule has 0 unspecified atom stereocenters. The number of ether oxygens (including phenoxy) is 1. The van der Waals surface area contributed by atoms with Crippen LogP contribution in [0.2, 0.25) is 0 Å². The third kappa shape index (κ3) is 4.10. The van der Waals surface area contributed by atoms with Crippen LogP contribution >= 0.6 is 0 Å². The molecule has 2 heterocycles. The van der Waals surface area contributed by atoms with Gasteiger partial charge < -0.3 is 19.6 Å². The minimum absolute atomic E-state index is 0.0249. The van der Waals surface area contributed by atoms with Gasteiger partial charge in [0.1, 0.15) is 12.4 Å². The van der Waals surface area contributed by atoms with Gasteiger partial charge in [0.05, 0.1) is 12.3 Å². The van der Waals surface area contributed by atoms with Gasteiger partial charge in [-0.1, -0.05) is 29.4 Å². The summed E-state index contributed by atoms with van der Waals surface area (Å²) < 4.78 is 11.1. The van der Waals surface area contributed by atoms with E-state index in [0.29, 0.717) is 17.3 Å². The maximum absolute atomic E-state index is 8.82. The number of aliphatic hydroxyl groups is 1. The predicted octanol–water partition coefficient (Wildman–Crippen LogP) is 3.80. The van der Waals surface area contributed by atoms with E-state index in [1.54, 1.807) is 12.1 Å². The van der Waals surface area contributed by atoms with E-state index < -0.39 is 0 Å². The molecule has 2 aromatic heterocycles. The van der Waals surface area contributed by atoms with Crippen molar-refractivity contribution in [1.29, 1.82) is 0 Å². The monoisotopic (exact) mass is 415 g/mol.